The van der Waals surface area contributed by atoms with Crippen LogP contribution >= 0.6 is 11.6 Å². The van der Waals surface area contributed by atoms with Crippen molar-refractivity contribution in [3.63, 3.8) is 0 Å². The van der Waals surface area contributed by atoms with Gasteiger partial charge in [-0.25, -0.2) is 4.98 Å². The van der Waals surface area contributed by atoms with Crippen molar-refractivity contribution in [2.24, 2.45) is 0 Å². The maximum atomic E-state index is 13.3. The number of aryl methyl sites for hydroxylation is 1. The highest BCUT2D eigenvalue weighted by Gasteiger charge is 2.27. The molecule has 2 aromatic heterocycles. The molecule has 0 aliphatic heterocycles. The predicted octanol–water partition coefficient (Wildman–Crippen LogP) is 4.89. The van der Waals surface area contributed by atoms with E-state index < -0.39 is 18.0 Å². The van der Waals surface area contributed by atoms with Gasteiger partial charge in [-0.1, -0.05) is 73.5 Å². The Labute approximate surface area is 268 Å². The molecule has 0 saturated heterocycles. The normalized spacial score (nSPS) is 12.2. The van der Waals surface area contributed by atoms with Gasteiger partial charge in [0.25, 0.3) is 0 Å². The fraction of sp³-hybridized carbons (Fsp3) is 0.438. The maximum absolute atomic E-state index is 13.3. The molecule has 0 radical (unpaired) electrons. The average Bonchev–Trinajstić information content (AvgIpc) is 3.65. The van der Waals surface area contributed by atoms with Gasteiger partial charge in [-0.2, -0.15) is 5.21 Å². The lowest BCUT2D eigenvalue weighted by Crippen LogP contribution is -2.44. The number of rotatable bonds is 17. The number of esters is 1. The van der Waals surface area contributed by atoms with Crippen LogP contribution in [0, 0.1) is 0 Å². The molecule has 4 rings (SSSR count). The molecule has 0 bridgehead atoms. The number of benzene rings is 2. The fourth-order valence-electron chi connectivity index (χ4n) is 5.28. The van der Waals surface area contributed by atoms with Crippen LogP contribution in [0.2, 0.25) is 5.15 Å². The van der Waals surface area contributed by atoms with Crippen LogP contribution in [-0.4, -0.2) is 90.9 Å². The van der Waals surface area contributed by atoms with Crippen molar-refractivity contribution in [2.75, 3.05) is 27.8 Å². The Balaban J connectivity index is 1.54. The summed E-state index contributed by atoms with van der Waals surface area (Å²) < 4.78 is 7.88. The van der Waals surface area contributed by atoms with Gasteiger partial charge in [-0.3, -0.25) is 19.4 Å². The second-order valence-corrected chi connectivity index (χ2v) is 11.7. The van der Waals surface area contributed by atoms with Gasteiger partial charge in [0.1, 0.15) is 18.5 Å². The molecule has 1 atom stereocenters. The number of nitrogens with zero attached hydrogens (tertiary/aromatic N) is 7. The van der Waals surface area contributed by atoms with Gasteiger partial charge in [0.15, 0.2) is 5.15 Å². The van der Waals surface area contributed by atoms with Gasteiger partial charge in [0.05, 0.1) is 12.4 Å². The fourth-order valence-corrected chi connectivity index (χ4v) is 5.53. The van der Waals surface area contributed by atoms with Crippen molar-refractivity contribution < 1.29 is 19.4 Å². The van der Waals surface area contributed by atoms with Crippen molar-refractivity contribution in [2.45, 2.75) is 64.6 Å². The number of carboxylic acid groups (broad SMARTS) is 1. The number of hydrogen-bond acceptors (Lipinski definition) is 9. The molecule has 45 heavy (non-hydrogen) atoms. The van der Waals surface area contributed by atoms with Crippen LogP contribution in [0.4, 0.5) is 0 Å². The molecule has 2 aromatic carbocycles. The van der Waals surface area contributed by atoms with Gasteiger partial charge in [0, 0.05) is 24.9 Å². The summed E-state index contributed by atoms with van der Waals surface area (Å²) in [4.78, 5) is 32.9. The number of carboxylic acids is 1. The number of nitrogens with one attached hydrogen (secondary N) is 1. The Hall–Kier alpha value is -4.13. The van der Waals surface area contributed by atoms with Crippen LogP contribution in [0.1, 0.15) is 56.1 Å². The second kappa shape index (κ2) is 16.3. The molecule has 2 N–H and O–H groups in total. The lowest BCUT2D eigenvalue weighted by atomic mass is 9.98. The summed E-state index contributed by atoms with van der Waals surface area (Å²) in [6.45, 7) is 3.10. The zero-order chi connectivity index (χ0) is 32.3. The molecule has 0 unspecified atom stereocenters. The lowest BCUT2D eigenvalue weighted by molar-refractivity contribution is -0.152. The molecular weight excluding hydrogens is 596 g/mol. The maximum Gasteiger partial charge on any atom is 0.323 e. The van der Waals surface area contributed by atoms with Crippen LogP contribution < -0.4 is 0 Å². The van der Waals surface area contributed by atoms with Gasteiger partial charge in [-0.05, 0) is 62.3 Å². The molecule has 4 aromatic rings. The van der Waals surface area contributed by atoms with E-state index in [1.807, 2.05) is 59.8 Å². The lowest BCUT2D eigenvalue weighted by Gasteiger charge is -2.28. The van der Waals surface area contributed by atoms with Crippen LogP contribution in [0.5, 0.6) is 0 Å². The van der Waals surface area contributed by atoms with Gasteiger partial charge in [-0.15, -0.1) is 10.2 Å². The van der Waals surface area contributed by atoms with E-state index in [2.05, 4.69) is 56.8 Å². The third-order valence-electron chi connectivity index (χ3n) is 7.51. The van der Waals surface area contributed by atoms with Gasteiger partial charge in [0.2, 0.25) is 5.82 Å². The third kappa shape index (κ3) is 9.19. The molecule has 2 heterocycles. The quantitative estimate of drug-likeness (QED) is 0.121. The number of unbranched alkanes of at least 4 members (excludes halogenated alkanes) is 1. The standard InChI is InChI=1S/C32H41ClN8O4/c1-5-6-13-28-34-30(33)27(20-45-32(44)26(12-9-14-29(42)43)40(4)21-39(2)3)41(28)19-22-15-17-23(18-16-22)24-10-7-8-11-25(24)31-35-37-38-36-31/h7-8,10-11,15-18,26H,5-6,9,12-14,19-21H2,1-4H3,(H,42,43)(H,35,36,37,38)/t26-/m0/s1. The minimum absolute atomic E-state index is 0.0134. The number of carbonyl (C=O) groups excluding carboxylic acids is 1. The zero-order valence-corrected chi connectivity index (χ0v) is 27.0. The van der Waals surface area contributed by atoms with Crippen molar-refractivity contribution >= 4 is 23.5 Å². The molecule has 0 amide bonds. The number of aromatic nitrogens is 6. The largest absolute Gasteiger partial charge is 0.481 e. The van der Waals surface area contributed by atoms with E-state index in [4.69, 9.17) is 21.4 Å². The topological polar surface area (TPSA) is 142 Å². The van der Waals surface area contributed by atoms with E-state index in [1.54, 1.807) is 0 Å². The van der Waals surface area contributed by atoms with E-state index in [-0.39, 0.29) is 13.0 Å². The smallest absolute Gasteiger partial charge is 0.323 e. The van der Waals surface area contributed by atoms with Gasteiger partial charge < -0.3 is 14.4 Å². The number of likely N-dealkylation sites (N-methyl/N-ethyl adjacent to an activating group) is 1. The Bertz CT molecular complexity index is 1540. The van der Waals surface area contributed by atoms with Crippen molar-refractivity contribution in [3.05, 3.63) is 70.8 Å². The first-order chi connectivity index (χ1) is 21.7. The van der Waals surface area contributed by atoms with Crippen LogP contribution in [-0.2, 0) is 33.9 Å². The molecule has 0 aliphatic carbocycles. The number of carbonyl (C=O) groups is 2. The van der Waals surface area contributed by atoms with Gasteiger partial charge >= 0.3 is 11.9 Å². The first-order valence-electron chi connectivity index (χ1n) is 15.1. The van der Waals surface area contributed by atoms with Crippen molar-refractivity contribution in [1.82, 2.24) is 40.0 Å². The van der Waals surface area contributed by atoms with Crippen LogP contribution in [0.3, 0.4) is 0 Å². The number of tetrazole rings is 1. The number of H-pyrrole nitrogens is 1. The number of ether oxygens (including phenoxy) is 1. The highest BCUT2D eigenvalue weighted by Crippen LogP contribution is 2.30. The highest BCUT2D eigenvalue weighted by molar-refractivity contribution is 6.30. The molecule has 0 aliphatic rings. The molecule has 13 heteroatoms. The summed E-state index contributed by atoms with van der Waals surface area (Å²) in [6.07, 6.45) is 3.40. The van der Waals surface area contributed by atoms with E-state index in [1.165, 1.54) is 0 Å². The molecule has 240 valence electrons. The summed E-state index contributed by atoms with van der Waals surface area (Å²) in [5.74, 6) is 0.0480. The first kappa shape index (κ1) is 33.8. The number of aliphatic carboxylic acids is 1. The second-order valence-electron chi connectivity index (χ2n) is 11.3. The Kier molecular flexibility index (Phi) is 12.2. The predicted molar refractivity (Wildman–Crippen MR) is 171 cm³/mol. The highest BCUT2D eigenvalue weighted by atomic mass is 35.5. The van der Waals surface area contributed by atoms with Crippen LogP contribution in [0.15, 0.2) is 48.5 Å². The number of halogens is 1. The summed E-state index contributed by atoms with van der Waals surface area (Å²) in [7, 11) is 5.65. The molecular formula is C32H41ClN8O4. The third-order valence-corrected chi connectivity index (χ3v) is 7.81. The van der Waals surface area contributed by atoms with E-state index in [9.17, 15) is 9.59 Å². The van der Waals surface area contributed by atoms with Crippen LogP contribution in [0.25, 0.3) is 22.5 Å². The Morgan fingerprint density at radius 1 is 1.07 bits per heavy atom. The SMILES string of the molecule is CCCCc1nc(Cl)c(COC(=O)[C@H](CCCC(=O)O)N(C)CN(C)C)n1Cc1ccc(-c2ccccc2-c2nn[nH]n2)cc1. The Morgan fingerprint density at radius 2 is 1.80 bits per heavy atom. The minimum atomic E-state index is -0.892. The number of aromatic amines is 1. The zero-order valence-electron chi connectivity index (χ0n) is 26.2. The van der Waals surface area contributed by atoms with E-state index >= 15 is 0 Å². The molecule has 12 nitrogen and oxygen atoms in total. The first-order valence-corrected chi connectivity index (χ1v) is 15.4. The number of imidazole rings is 1. The summed E-state index contributed by atoms with van der Waals surface area (Å²) in [6, 6.07) is 15.5. The summed E-state index contributed by atoms with van der Waals surface area (Å²) in [5, 5.41) is 23.9. The van der Waals surface area contributed by atoms with E-state index in [0.717, 1.165) is 47.3 Å². The van der Waals surface area contributed by atoms with Crippen molar-refractivity contribution in [1.29, 1.82) is 0 Å². The van der Waals surface area contributed by atoms with E-state index in [0.29, 0.717) is 42.7 Å². The average molecular weight is 637 g/mol. The summed E-state index contributed by atoms with van der Waals surface area (Å²) in [5.41, 5.74) is 4.54. The number of hydrogen-bond donors (Lipinski definition) is 2. The molecule has 0 spiro atoms. The molecule has 0 fully saturated rings. The Morgan fingerprint density at radius 3 is 2.44 bits per heavy atom. The monoisotopic (exact) mass is 636 g/mol. The summed E-state index contributed by atoms with van der Waals surface area (Å²) >= 11 is 6.65. The molecule has 0 saturated carbocycles. The van der Waals surface area contributed by atoms with Crippen molar-refractivity contribution in [3.8, 4) is 22.5 Å². The minimum Gasteiger partial charge on any atom is -0.481 e.